The average molecular weight is 183 g/mol. The molecule has 74 valence electrons. The van der Waals surface area contributed by atoms with Crippen LogP contribution in [0.15, 0.2) is 11.8 Å². The molecule has 0 aliphatic heterocycles. The van der Waals surface area contributed by atoms with Crippen molar-refractivity contribution >= 4 is 6.21 Å². The van der Waals surface area contributed by atoms with Gasteiger partial charge < -0.3 is 21.2 Å². The van der Waals surface area contributed by atoms with E-state index in [1.165, 1.54) is 6.21 Å². The first-order valence-electron chi connectivity index (χ1n) is 4.34. The number of rotatable bonds is 5. The molecule has 1 saturated carbocycles. The monoisotopic (exact) mass is 183 g/mol. The largest absolute Gasteiger partial charge is 0.382 e. The van der Waals surface area contributed by atoms with Crippen LogP contribution in [0.3, 0.4) is 0 Å². The van der Waals surface area contributed by atoms with E-state index < -0.39 is 0 Å². The molecule has 0 aromatic carbocycles. The molecule has 4 heteroatoms. The summed E-state index contributed by atoms with van der Waals surface area (Å²) in [6, 6.07) is 0.169. The van der Waals surface area contributed by atoms with E-state index in [9.17, 15) is 0 Å². The van der Waals surface area contributed by atoms with Gasteiger partial charge >= 0.3 is 0 Å². The molecule has 0 amide bonds. The molecular formula is C9H17N3O. The van der Waals surface area contributed by atoms with Gasteiger partial charge in [-0.1, -0.05) is 0 Å². The van der Waals surface area contributed by atoms with Crippen LogP contribution >= 0.6 is 0 Å². The van der Waals surface area contributed by atoms with Crippen LogP contribution in [-0.4, -0.2) is 31.5 Å². The molecule has 2 unspecified atom stereocenters. The van der Waals surface area contributed by atoms with E-state index in [0.717, 1.165) is 12.0 Å². The van der Waals surface area contributed by atoms with E-state index in [2.05, 4.69) is 5.32 Å². The molecular weight excluding hydrogens is 166 g/mol. The number of ether oxygens (including phenoxy) is 1. The zero-order chi connectivity index (χ0) is 9.90. The summed E-state index contributed by atoms with van der Waals surface area (Å²) in [5.41, 5.74) is 6.59. The Kier molecular flexibility index (Phi) is 3.06. The molecule has 0 spiro atoms. The van der Waals surface area contributed by atoms with Crippen LogP contribution < -0.4 is 11.1 Å². The predicted molar refractivity (Wildman–Crippen MR) is 52.9 cm³/mol. The second kappa shape index (κ2) is 3.89. The van der Waals surface area contributed by atoms with Gasteiger partial charge in [-0.2, -0.15) is 0 Å². The van der Waals surface area contributed by atoms with Crippen molar-refractivity contribution in [3.05, 3.63) is 11.8 Å². The lowest BCUT2D eigenvalue weighted by atomic mass is 10.2. The van der Waals surface area contributed by atoms with Crippen LogP contribution in [0, 0.1) is 5.41 Å². The molecule has 1 fully saturated rings. The van der Waals surface area contributed by atoms with Crippen LogP contribution in [-0.2, 0) is 4.74 Å². The molecule has 4 N–H and O–H groups in total. The lowest BCUT2D eigenvalue weighted by molar-refractivity contribution is 0.161. The third-order valence-electron chi connectivity index (χ3n) is 2.35. The van der Waals surface area contributed by atoms with Gasteiger partial charge in [0, 0.05) is 25.6 Å². The highest BCUT2D eigenvalue weighted by atomic mass is 16.5. The number of allylic oxidation sites excluding steroid dienone is 1. The van der Waals surface area contributed by atoms with Gasteiger partial charge in [-0.25, -0.2) is 0 Å². The Morgan fingerprint density at radius 1 is 1.85 bits per heavy atom. The van der Waals surface area contributed by atoms with Crippen LogP contribution in [0.1, 0.15) is 13.3 Å². The predicted octanol–water partition coefficient (Wildman–Crippen LogP) is 0.246. The fraction of sp³-hybridized carbons (Fsp3) is 0.667. The quantitative estimate of drug-likeness (QED) is 0.535. The SMILES string of the molecule is COCC1(N/C=C(/C)C=N)CC1N. The van der Waals surface area contributed by atoms with Crippen molar-refractivity contribution in [1.82, 2.24) is 5.32 Å². The molecule has 0 aromatic heterocycles. The topological polar surface area (TPSA) is 71.1 Å². The smallest absolute Gasteiger partial charge is 0.0768 e. The van der Waals surface area contributed by atoms with Crippen molar-refractivity contribution < 1.29 is 4.74 Å². The molecule has 0 heterocycles. The van der Waals surface area contributed by atoms with Gasteiger partial charge in [-0.15, -0.1) is 0 Å². The van der Waals surface area contributed by atoms with Crippen molar-refractivity contribution in [2.45, 2.75) is 24.9 Å². The molecule has 13 heavy (non-hydrogen) atoms. The van der Waals surface area contributed by atoms with Crippen molar-refractivity contribution in [1.29, 1.82) is 5.41 Å². The van der Waals surface area contributed by atoms with Crippen LogP contribution in [0.5, 0.6) is 0 Å². The molecule has 1 rings (SSSR count). The first-order chi connectivity index (χ1) is 6.14. The molecule has 2 atom stereocenters. The average Bonchev–Trinajstić information content (AvgIpc) is 2.74. The van der Waals surface area contributed by atoms with Gasteiger partial charge in [0.2, 0.25) is 0 Å². The van der Waals surface area contributed by atoms with Crippen molar-refractivity contribution in [2.24, 2.45) is 5.73 Å². The molecule has 1 aliphatic carbocycles. The third-order valence-corrected chi connectivity index (χ3v) is 2.35. The van der Waals surface area contributed by atoms with Crippen LogP contribution in [0.2, 0.25) is 0 Å². The van der Waals surface area contributed by atoms with Gasteiger partial charge in [0.15, 0.2) is 0 Å². The summed E-state index contributed by atoms with van der Waals surface area (Å²) < 4.78 is 5.08. The molecule has 0 radical (unpaired) electrons. The molecule has 0 bridgehead atoms. The van der Waals surface area contributed by atoms with Gasteiger partial charge in [-0.3, -0.25) is 0 Å². The fourth-order valence-corrected chi connectivity index (χ4v) is 1.26. The summed E-state index contributed by atoms with van der Waals surface area (Å²) in [6.07, 6.45) is 4.06. The minimum absolute atomic E-state index is 0.0843. The fourth-order valence-electron chi connectivity index (χ4n) is 1.26. The van der Waals surface area contributed by atoms with Gasteiger partial charge in [0.1, 0.15) is 0 Å². The summed E-state index contributed by atoms with van der Waals surface area (Å²) in [4.78, 5) is 0. The lowest BCUT2D eigenvalue weighted by Gasteiger charge is -2.15. The molecule has 0 saturated heterocycles. The van der Waals surface area contributed by atoms with Crippen molar-refractivity contribution in [3.63, 3.8) is 0 Å². The Balaban J connectivity index is 2.46. The first kappa shape index (κ1) is 10.2. The van der Waals surface area contributed by atoms with E-state index in [1.54, 1.807) is 7.11 Å². The number of nitrogens with two attached hydrogens (primary N) is 1. The Labute approximate surface area is 78.7 Å². The highest BCUT2D eigenvalue weighted by Gasteiger charge is 2.51. The molecule has 0 aromatic rings. The minimum Gasteiger partial charge on any atom is -0.382 e. The van der Waals surface area contributed by atoms with E-state index >= 15 is 0 Å². The number of hydrogen-bond donors (Lipinski definition) is 3. The zero-order valence-electron chi connectivity index (χ0n) is 8.13. The standard InChI is InChI=1S/C9H17N3O/c1-7(4-10)5-12-9(6-13-2)3-8(9)11/h4-5,8,10,12H,3,6,11H2,1-2H3/b7-5-,10-4?. The third kappa shape index (κ3) is 2.29. The maximum atomic E-state index is 6.99. The summed E-state index contributed by atoms with van der Waals surface area (Å²) in [7, 11) is 1.67. The minimum atomic E-state index is -0.0843. The van der Waals surface area contributed by atoms with Crippen molar-refractivity contribution in [3.8, 4) is 0 Å². The van der Waals surface area contributed by atoms with Crippen LogP contribution in [0.4, 0.5) is 0 Å². The lowest BCUT2D eigenvalue weighted by Crippen LogP contribution is -2.38. The first-order valence-corrected chi connectivity index (χ1v) is 4.34. The highest BCUT2D eigenvalue weighted by molar-refractivity contribution is 5.74. The zero-order valence-corrected chi connectivity index (χ0v) is 8.13. The second-order valence-electron chi connectivity index (χ2n) is 3.58. The summed E-state index contributed by atoms with van der Waals surface area (Å²) in [5, 5.41) is 10.2. The van der Waals surface area contributed by atoms with E-state index in [1.807, 2.05) is 13.1 Å². The molecule has 1 aliphatic rings. The highest BCUT2D eigenvalue weighted by Crippen LogP contribution is 2.34. The number of nitrogens with one attached hydrogen (secondary N) is 2. The van der Waals surface area contributed by atoms with Gasteiger partial charge in [0.25, 0.3) is 0 Å². The van der Waals surface area contributed by atoms with E-state index in [0.29, 0.717) is 6.61 Å². The van der Waals surface area contributed by atoms with E-state index in [-0.39, 0.29) is 11.6 Å². The summed E-state index contributed by atoms with van der Waals surface area (Å²) in [5.74, 6) is 0. The van der Waals surface area contributed by atoms with Gasteiger partial charge in [0.05, 0.1) is 12.1 Å². The van der Waals surface area contributed by atoms with Crippen LogP contribution in [0.25, 0.3) is 0 Å². The number of methoxy groups -OCH3 is 1. The van der Waals surface area contributed by atoms with Gasteiger partial charge in [-0.05, 0) is 18.9 Å². The summed E-state index contributed by atoms with van der Waals surface area (Å²) >= 11 is 0. The second-order valence-corrected chi connectivity index (χ2v) is 3.58. The maximum Gasteiger partial charge on any atom is 0.0768 e. The van der Waals surface area contributed by atoms with E-state index in [4.69, 9.17) is 15.9 Å². The molecule has 4 nitrogen and oxygen atoms in total. The Bertz CT molecular complexity index is 227. The maximum absolute atomic E-state index is 6.99. The number of hydrogen-bond acceptors (Lipinski definition) is 4. The normalized spacial score (nSPS) is 32.8. The Morgan fingerprint density at radius 2 is 2.46 bits per heavy atom. The Morgan fingerprint density at radius 3 is 2.85 bits per heavy atom. The summed E-state index contributed by atoms with van der Waals surface area (Å²) in [6.45, 7) is 2.49. The Hall–Kier alpha value is -0.870. The van der Waals surface area contributed by atoms with Crippen molar-refractivity contribution in [2.75, 3.05) is 13.7 Å².